The minimum atomic E-state index is 0.613. The fraction of sp³-hybridized carbons (Fsp3) is 1.00. The maximum Gasteiger partial charge on any atom is 0.0281 e. The molecule has 16 heavy (non-hydrogen) atoms. The van der Waals surface area contributed by atoms with E-state index in [2.05, 4.69) is 30.3 Å². The molecule has 2 aliphatic carbocycles. The van der Waals surface area contributed by atoms with Crippen molar-refractivity contribution in [2.24, 2.45) is 5.92 Å². The maximum absolute atomic E-state index is 3.84. The van der Waals surface area contributed by atoms with Crippen LogP contribution < -0.4 is 5.32 Å². The average Bonchev–Trinajstić information content (AvgIpc) is 2.29. The van der Waals surface area contributed by atoms with Crippen LogP contribution in [0.25, 0.3) is 0 Å². The van der Waals surface area contributed by atoms with Crippen LogP contribution in [-0.2, 0) is 0 Å². The van der Waals surface area contributed by atoms with Crippen LogP contribution in [0.1, 0.15) is 58.3 Å². The van der Waals surface area contributed by atoms with Crippen LogP contribution in [0.4, 0.5) is 0 Å². The zero-order valence-electron chi connectivity index (χ0n) is 10.9. The SMILES string of the molecule is CCC1CCC(NCC2(SC)CCC2)CC1. The molecule has 2 aliphatic rings. The Kier molecular flexibility index (Phi) is 4.60. The molecule has 1 N–H and O–H groups in total. The number of thioether (sulfide) groups is 1. The van der Waals surface area contributed by atoms with Crippen LogP contribution >= 0.6 is 11.8 Å². The number of hydrogen-bond acceptors (Lipinski definition) is 2. The summed E-state index contributed by atoms with van der Waals surface area (Å²) in [5.41, 5.74) is 0. The van der Waals surface area contributed by atoms with E-state index in [4.69, 9.17) is 0 Å². The molecule has 2 heteroatoms. The highest BCUT2D eigenvalue weighted by Gasteiger charge is 2.36. The van der Waals surface area contributed by atoms with Gasteiger partial charge in [-0.05, 0) is 50.7 Å². The van der Waals surface area contributed by atoms with E-state index in [1.807, 2.05) is 0 Å². The van der Waals surface area contributed by atoms with Crippen molar-refractivity contribution in [2.75, 3.05) is 12.8 Å². The molecule has 2 saturated carbocycles. The van der Waals surface area contributed by atoms with Crippen LogP contribution in [0.3, 0.4) is 0 Å². The first-order valence-corrected chi connectivity index (χ1v) is 8.29. The van der Waals surface area contributed by atoms with E-state index in [0.29, 0.717) is 4.75 Å². The topological polar surface area (TPSA) is 12.0 Å². The van der Waals surface area contributed by atoms with Crippen LogP contribution in [0.5, 0.6) is 0 Å². The van der Waals surface area contributed by atoms with Crippen LogP contribution in [0.2, 0.25) is 0 Å². The van der Waals surface area contributed by atoms with Gasteiger partial charge in [0.2, 0.25) is 0 Å². The molecule has 2 fully saturated rings. The van der Waals surface area contributed by atoms with Crippen molar-refractivity contribution < 1.29 is 0 Å². The van der Waals surface area contributed by atoms with Gasteiger partial charge in [-0.3, -0.25) is 0 Å². The minimum absolute atomic E-state index is 0.613. The van der Waals surface area contributed by atoms with E-state index in [1.165, 1.54) is 57.9 Å². The van der Waals surface area contributed by atoms with Crippen LogP contribution in [0, 0.1) is 5.92 Å². The highest BCUT2D eigenvalue weighted by Crippen LogP contribution is 2.42. The largest absolute Gasteiger partial charge is 0.313 e. The van der Waals surface area contributed by atoms with Crippen molar-refractivity contribution >= 4 is 11.8 Å². The first kappa shape index (κ1) is 12.8. The van der Waals surface area contributed by atoms with E-state index >= 15 is 0 Å². The van der Waals surface area contributed by atoms with Gasteiger partial charge in [0, 0.05) is 17.3 Å². The molecular formula is C14H27NS. The van der Waals surface area contributed by atoms with Gasteiger partial charge in [0.15, 0.2) is 0 Å². The summed E-state index contributed by atoms with van der Waals surface area (Å²) < 4.78 is 0.613. The Bertz CT molecular complexity index is 199. The molecule has 1 nitrogen and oxygen atoms in total. The lowest BCUT2D eigenvalue weighted by Gasteiger charge is -2.42. The Balaban J connectivity index is 1.67. The summed E-state index contributed by atoms with van der Waals surface area (Å²) in [5.74, 6) is 1.02. The monoisotopic (exact) mass is 241 g/mol. The Morgan fingerprint density at radius 2 is 1.88 bits per heavy atom. The lowest BCUT2D eigenvalue weighted by atomic mass is 9.82. The number of rotatable bonds is 5. The van der Waals surface area contributed by atoms with Crippen LogP contribution in [0.15, 0.2) is 0 Å². The molecule has 0 aromatic rings. The zero-order chi connectivity index (χ0) is 11.4. The molecule has 0 aromatic carbocycles. The number of nitrogens with one attached hydrogen (secondary N) is 1. The lowest BCUT2D eigenvalue weighted by molar-refractivity contribution is 0.261. The van der Waals surface area contributed by atoms with E-state index in [9.17, 15) is 0 Å². The van der Waals surface area contributed by atoms with Gasteiger partial charge in [0.05, 0.1) is 0 Å². The Labute approximate surface area is 105 Å². The highest BCUT2D eigenvalue weighted by atomic mass is 32.2. The molecule has 2 rings (SSSR count). The van der Waals surface area contributed by atoms with Crippen molar-refractivity contribution in [3.05, 3.63) is 0 Å². The maximum atomic E-state index is 3.84. The van der Waals surface area contributed by atoms with Gasteiger partial charge in [-0.2, -0.15) is 11.8 Å². The van der Waals surface area contributed by atoms with Crippen molar-refractivity contribution in [2.45, 2.75) is 69.1 Å². The molecule has 0 radical (unpaired) electrons. The third-order valence-corrected chi connectivity index (χ3v) is 6.25. The third kappa shape index (κ3) is 2.95. The highest BCUT2D eigenvalue weighted by molar-refractivity contribution is 8.00. The molecule has 0 unspecified atom stereocenters. The zero-order valence-corrected chi connectivity index (χ0v) is 11.7. The molecular weight excluding hydrogens is 214 g/mol. The van der Waals surface area contributed by atoms with E-state index in [0.717, 1.165) is 12.0 Å². The molecule has 0 atom stereocenters. The second-order valence-corrected chi connectivity index (χ2v) is 7.02. The molecule has 0 saturated heterocycles. The van der Waals surface area contributed by atoms with Gasteiger partial charge < -0.3 is 5.32 Å². The third-order valence-electron chi connectivity index (χ3n) is 4.83. The molecule has 0 heterocycles. The summed E-state index contributed by atoms with van der Waals surface area (Å²) in [4.78, 5) is 0. The smallest absolute Gasteiger partial charge is 0.0281 e. The summed E-state index contributed by atoms with van der Waals surface area (Å²) in [7, 11) is 0. The van der Waals surface area contributed by atoms with Gasteiger partial charge in [-0.1, -0.05) is 19.8 Å². The van der Waals surface area contributed by atoms with E-state index < -0.39 is 0 Å². The fourth-order valence-electron chi connectivity index (χ4n) is 3.13. The van der Waals surface area contributed by atoms with Crippen LogP contribution in [-0.4, -0.2) is 23.6 Å². The van der Waals surface area contributed by atoms with E-state index in [-0.39, 0.29) is 0 Å². The molecule has 0 aliphatic heterocycles. The first-order chi connectivity index (χ1) is 7.78. The molecule has 0 bridgehead atoms. The Hall–Kier alpha value is 0.310. The Morgan fingerprint density at radius 1 is 1.19 bits per heavy atom. The summed E-state index contributed by atoms with van der Waals surface area (Å²) in [6.45, 7) is 3.60. The van der Waals surface area contributed by atoms with Crippen molar-refractivity contribution in [3.8, 4) is 0 Å². The predicted octanol–water partition coefficient (Wildman–Crippen LogP) is 3.83. The quantitative estimate of drug-likeness (QED) is 0.785. The fourth-order valence-corrected chi connectivity index (χ4v) is 4.05. The standard InChI is InChI=1S/C14H27NS/c1-3-12-5-7-13(8-6-12)15-11-14(16-2)9-4-10-14/h12-13,15H,3-11H2,1-2H3. The normalized spacial score (nSPS) is 33.4. The summed E-state index contributed by atoms with van der Waals surface area (Å²) in [6.07, 6.45) is 13.8. The molecule has 0 aromatic heterocycles. The van der Waals surface area contributed by atoms with Gasteiger partial charge in [-0.15, -0.1) is 0 Å². The second-order valence-electron chi connectivity index (χ2n) is 5.75. The van der Waals surface area contributed by atoms with Crippen molar-refractivity contribution in [1.82, 2.24) is 5.32 Å². The van der Waals surface area contributed by atoms with Crippen molar-refractivity contribution in [3.63, 3.8) is 0 Å². The summed E-state index contributed by atoms with van der Waals surface area (Å²) in [5, 5.41) is 3.84. The first-order valence-electron chi connectivity index (χ1n) is 7.06. The summed E-state index contributed by atoms with van der Waals surface area (Å²) >= 11 is 2.09. The average molecular weight is 241 g/mol. The van der Waals surface area contributed by atoms with Gasteiger partial charge in [-0.25, -0.2) is 0 Å². The number of hydrogen-bond donors (Lipinski definition) is 1. The molecule has 94 valence electrons. The van der Waals surface area contributed by atoms with Gasteiger partial charge in [0.1, 0.15) is 0 Å². The van der Waals surface area contributed by atoms with E-state index in [1.54, 1.807) is 0 Å². The van der Waals surface area contributed by atoms with Gasteiger partial charge in [0.25, 0.3) is 0 Å². The Morgan fingerprint density at radius 3 is 2.31 bits per heavy atom. The summed E-state index contributed by atoms with van der Waals surface area (Å²) in [6, 6.07) is 0.826. The predicted molar refractivity (Wildman–Crippen MR) is 74.1 cm³/mol. The second kappa shape index (κ2) is 5.77. The molecule has 0 spiro atoms. The lowest BCUT2D eigenvalue weighted by Crippen LogP contribution is -2.47. The minimum Gasteiger partial charge on any atom is -0.313 e. The van der Waals surface area contributed by atoms with Crippen molar-refractivity contribution in [1.29, 1.82) is 0 Å². The molecule has 0 amide bonds. The van der Waals surface area contributed by atoms with Gasteiger partial charge >= 0.3 is 0 Å².